The van der Waals surface area contributed by atoms with E-state index in [1.165, 1.54) is 23.1 Å². The number of carbonyl (C=O) groups excluding carboxylic acids is 1. The van der Waals surface area contributed by atoms with Gasteiger partial charge in [-0.15, -0.1) is 0 Å². The number of benzene rings is 2. The molecular weight excluding hydrogens is 574 g/mol. The van der Waals surface area contributed by atoms with Crippen LogP contribution < -0.4 is 31.1 Å². The minimum atomic E-state index is -1.21. The van der Waals surface area contributed by atoms with Crippen molar-refractivity contribution < 1.29 is 23.8 Å². The Morgan fingerprint density at radius 1 is 1.05 bits per heavy atom. The van der Waals surface area contributed by atoms with E-state index in [2.05, 4.69) is 10.6 Å². The molecule has 1 aliphatic rings. The van der Waals surface area contributed by atoms with Crippen LogP contribution in [0.4, 0.5) is 22.7 Å². The van der Waals surface area contributed by atoms with Crippen molar-refractivity contribution >= 4 is 46.2 Å². The summed E-state index contributed by atoms with van der Waals surface area (Å²) < 4.78 is 11.6. The average molecular weight is 606 g/mol. The van der Waals surface area contributed by atoms with Gasteiger partial charge in [-0.05, 0) is 62.6 Å². The molecule has 5 rings (SSSR count). The van der Waals surface area contributed by atoms with Crippen LogP contribution in [0.3, 0.4) is 0 Å². The number of furan rings is 1. The molecule has 0 spiro atoms. The first-order valence-electron chi connectivity index (χ1n) is 13.8. The summed E-state index contributed by atoms with van der Waals surface area (Å²) in [7, 11) is 0. The van der Waals surface area contributed by atoms with Crippen LogP contribution in [0.1, 0.15) is 78.5 Å². The number of anilines is 4. The van der Waals surface area contributed by atoms with E-state index in [4.69, 9.17) is 20.8 Å². The summed E-state index contributed by atoms with van der Waals surface area (Å²) in [4.78, 5) is 52.8. The summed E-state index contributed by atoms with van der Waals surface area (Å²) in [5, 5.41) is 16.3. The van der Waals surface area contributed by atoms with Crippen molar-refractivity contribution in [2.45, 2.75) is 60.2 Å². The Morgan fingerprint density at radius 2 is 1.74 bits per heavy atom. The highest BCUT2D eigenvalue weighted by atomic mass is 35.5. The first-order chi connectivity index (χ1) is 20.2. The van der Waals surface area contributed by atoms with Gasteiger partial charge in [0.15, 0.2) is 0 Å². The van der Waals surface area contributed by atoms with Crippen molar-refractivity contribution in [2.75, 3.05) is 15.5 Å². The highest BCUT2D eigenvalue weighted by molar-refractivity contribution is 6.33. The molecule has 10 nitrogen and oxygen atoms in total. The maximum Gasteiger partial charge on any atom is 0.337 e. The predicted octanol–water partition coefficient (Wildman–Crippen LogP) is 6.43. The summed E-state index contributed by atoms with van der Waals surface area (Å²) in [6, 6.07) is 10.8. The molecule has 3 N–H and O–H groups in total. The van der Waals surface area contributed by atoms with Gasteiger partial charge in [0.25, 0.3) is 16.8 Å². The third-order valence-electron chi connectivity index (χ3n) is 7.26. The number of carbonyl (C=O) groups is 2. The second-order valence-corrected chi connectivity index (χ2v) is 12.3. The van der Waals surface area contributed by atoms with Gasteiger partial charge in [-0.2, -0.15) is 0 Å². The van der Waals surface area contributed by atoms with Gasteiger partial charge >= 0.3 is 5.97 Å². The van der Waals surface area contributed by atoms with Crippen LogP contribution in [-0.2, 0) is 6.54 Å². The van der Waals surface area contributed by atoms with Gasteiger partial charge in [0.1, 0.15) is 28.6 Å². The normalized spacial score (nSPS) is 13.9. The summed E-state index contributed by atoms with van der Waals surface area (Å²) in [6.07, 6.45) is -0.172. The number of nitrogens with one attached hydrogen (secondary N) is 2. The van der Waals surface area contributed by atoms with E-state index in [1.807, 2.05) is 53.7 Å². The average Bonchev–Trinajstić information content (AvgIpc) is 3.51. The smallest absolute Gasteiger partial charge is 0.337 e. The third-order valence-corrected chi connectivity index (χ3v) is 7.62. The third kappa shape index (κ3) is 5.50. The zero-order valence-electron chi connectivity index (χ0n) is 24.6. The van der Waals surface area contributed by atoms with Crippen LogP contribution in [0.5, 0.6) is 5.75 Å². The first kappa shape index (κ1) is 29.9. The lowest BCUT2D eigenvalue weighted by Gasteiger charge is -2.31. The lowest BCUT2D eigenvalue weighted by atomic mass is 9.85. The van der Waals surface area contributed by atoms with E-state index in [-0.39, 0.29) is 46.5 Å². The van der Waals surface area contributed by atoms with Crippen LogP contribution >= 0.6 is 11.6 Å². The molecule has 224 valence electrons. The molecular formula is C32H32ClN3O7. The predicted molar refractivity (Wildman–Crippen MR) is 165 cm³/mol. The number of carboxylic acid groups (broad SMARTS) is 1. The second kappa shape index (κ2) is 10.9. The number of hydrogen-bond donors (Lipinski definition) is 3. The number of nitrogens with zero attached hydrogens (tertiary/aromatic N) is 1. The Balaban J connectivity index is 1.52. The van der Waals surface area contributed by atoms with Crippen LogP contribution in [0.25, 0.3) is 0 Å². The second-order valence-electron chi connectivity index (χ2n) is 11.9. The molecule has 1 amide bonds. The molecule has 2 heterocycles. The number of fused-ring (bicyclic) bond motifs is 1. The number of rotatable bonds is 9. The number of amides is 1. The molecule has 3 aromatic carbocycles. The fraction of sp³-hybridized carbons (Fsp3) is 0.312. The van der Waals surface area contributed by atoms with Crippen molar-refractivity contribution in [3.63, 3.8) is 0 Å². The number of aromatic carboxylic acids is 1. The van der Waals surface area contributed by atoms with Crippen molar-refractivity contribution in [1.29, 1.82) is 0 Å². The van der Waals surface area contributed by atoms with Crippen molar-refractivity contribution in [1.82, 2.24) is 0 Å². The van der Waals surface area contributed by atoms with Gasteiger partial charge in [0, 0.05) is 16.7 Å². The van der Waals surface area contributed by atoms with Gasteiger partial charge in [0.2, 0.25) is 0 Å². The van der Waals surface area contributed by atoms with Crippen LogP contribution in [0, 0.1) is 12.3 Å². The maximum atomic E-state index is 13.9. The summed E-state index contributed by atoms with van der Waals surface area (Å²) >= 11 is 6.51. The van der Waals surface area contributed by atoms with E-state index in [0.717, 1.165) is 0 Å². The number of aryl methyl sites for hydroxylation is 1. The summed E-state index contributed by atoms with van der Waals surface area (Å²) in [5.74, 6) is -0.000558. The van der Waals surface area contributed by atoms with Crippen molar-refractivity contribution in [2.24, 2.45) is 5.41 Å². The molecule has 11 heteroatoms. The van der Waals surface area contributed by atoms with Crippen LogP contribution in [0.15, 0.2) is 56.5 Å². The molecule has 0 saturated carbocycles. The molecule has 0 bridgehead atoms. The van der Waals surface area contributed by atoms with Crippen molar-refractivity contribution in [3.8, 4) is 5.75 Å². The van der Waals surface area contributed by atoms with Crippen molar-refractivity contribution in [3.05, 3.63) is 96.1 Å². The number of halogens is 1. The summed E-state index contributed by atoms with van der Waals surface area (Å²) in [5.41, 5.74) is -0.777. The van der Waals surface area contributed by atoms with Gasteiger partial charge < -0.3 is 29.8 Å². The Kier molecular flexibility index (Phi) is 7.60. The monoisotopic (exact) mass is 605 g/mol. The molecule has 0 fully saturated rings. The molecule has 43 heavy (non-hydrogen) atoms. The SMILES string of the molecule is Cc1ccc([C@H](Nc2c(Nc3ccc(Cl)c4c3C(=O)N(c3cc(OC(C)C)ccc3C(=O)O)C4)c(=O)c2=O)C(C)(C)C)o1. The molecule has 0 saturated heterocycles. The molecule has 0 radical (unpaired) electrons. The van der Waals surface area contributed by atoms with Crippen LogP contribution in [-0.4, -0.2) is 23.1 Å². The molecule has 1 aliphatic heterocycles. The number of ether oxygens (including phenoxy) is 1. The van der Waals surface area contributed by atoms with E-state index in [1.54, 1.807) is 12.1 Å². The lowest BCUT2D eigenvalue weighted by Crippen LogP contribution is -2.39. The van der Waals surface area contributed by atoms with Gasteiger partial charge in [0.05, 0.1) is 41.2 Å². The largest absolute Gasteiger partial charge is 0.491 e. The highest BCUT2D eigenvalue weighted by Crippen LogP contribution is 2.42. The van der Waals surface area contributed by atoms with Gasteiger partial charge in [-0.1, -0.05) is 32.4 Å². The van der Waals surface area contributed by atoms with Gasteiger partial charge in [-0.3, -0.25) is 14.4 Å². The standard InChI is InChI=1S/C32H32ClN3O7/c1-15(2)42-17-8-9-18(31(40)41)22(13-17)36-14-19-20(33)10-11-21(24(19)30(36)39)34-25-26(28(38)27(25)37)35-29(32(4,5)6)23-12-7-16(3)43-23/h7-13,15,29,34-35H,14H2,1-6H3,(H,40,41)/t29-/m0/s1. The minimum absolute atomic E-state index is 0.00505. The first-order valence-corrected chi connectivity index (χ1v) is 14.2. The fourth-order valence-electron chi connectivity index (χ4n) is 5.20. The Hall–Kier alpha value is -4.57. The Labute approximate surface area is 252 Å². The fourth-order valence-corrected chi connectivity index (χ4v) is 5.41. The maximum absolute atomic E-state index is 13.9. The van der Waals surface area contributed by atoms with Gasteiger partial charge in [-0.25, -0.2) is 4.79 Å². The Bertz CT molecular complexity index is 1830. The zero-order chi connectivity index (χ0) is 31.4. The molecule has 4 aromatic rings. The molecule has 1 aromatic heterocycles. The lowest BCUT2D eigenvalue weighted by molar-refractivity contribution is 0.0697. The molecule has 0 aliphatic carbocycles. The topological polar surface area (TPSA) is 138 Å². The van der Waals surface area contributed by atoms with E-state index in [0.29, 0.717) is 27.9 Å². The quantitative estimate of drug-likeness (QED) is 0.184. The summed E-state index contributed by atoms with van der Waals surface area (Å²) in [6.45, 7) is 11.4. The van der Waals surface area contributed by atoms with E-state index in [9.17, 15) is 24.3 Å². The Morgan fingerprint density at radius 3 is 2.35 bits per heavy atom. The molecule has 0 unspecified atom stereocenters. The van der Waals surface area contributed by atoms with E-state index >= 15 is 0 Å². The van der Waals surface area contributed by atoms with E-state index < -0.39 is 34.2 Å². The number of carboxylic acids is 1. The zero-order valence-corrected chi connectivity index (χ0v) is 25.4. The molecule has 1 atom stereocenters. The van der Waals surface area contributed by atoms with Crippen LogP contribution in [0.2, 0.25) is 5.02 Å². The number of hydrogen-bond acceptors (Lipinski definition) is 8. The minimum Gasteiger partial charge on any atom is -0.491 e. The highest BCUT2D eigenvalue weighted by Gasteiger charge is 2.37.